The molecule has 0 aliphatic heterocycles. The molecular weight excluding hydrogens is 290 g/mol. The summed E-state index contributed by atoms with van der Waals surface area (Å²) in [5, 5.41) is 17.5. The predicted octanol–water partition coefficient (Wildman–Crippen LogP) is 2.89. The van der Waals surface area contributed by atoms with E-state index in [1.54, 1.807) is 6.07 Å². The van der Waals surface area contributed by atoms with Crippen LogP contribution in [0.3, 0.4) is 0 Å². The first-order chi connectivity index (χ1) is 11.1. The Labute approximate surface area is 134 Å². The van der Waals surface area contributed by atoms with Crippen LogP contribution in [0.15, 0.2) is 47.3 Å². The Balaban J connectivity index is 2.10. The third-order valence-corrected chi connectivity index (χ3v) is 3.44. The molecule has 118 valence electrons. The maximum absolute atomic E-state index is 11.3. The number of aromatic nitrogens is 4. The Morgan fingerprint density at radius 3 is 2.48 bits per heavy atom. The van der Waals surface area contributed by atoms with Gasteiger partial charge in [-0.25, -0.2) is 5.10 Å². The van der Waals surface area contributed by atoms with Crippen molar-refractivity contribution >= 4 is 5.82 Å². The van der Waals surface area contributed by atoms with Crippen LogP contribution in [0.1, 0.15) is 13.8 Å². The van der Waals surface area contributed by atoms with Gasteiger partial charge in [-0.2, -0.15) is 10.2 Å². The summed E-state index contributed by atoms with van der Waals surface area (Å²) in [4.78, 5) is 11.3. The van der Waals surface area contributed by atoms with Crippen molar-refractivity contribution in [3.63, 3.8) is 0 Å². The minimum atomic E-state index is -0.227. The van der Waals surface area contributed by atoms with Crippen LogP contribution < -0.4 is 10.9 Å². The third-order valence-electron chi connectivity index (χ3n) is 3.44. The van der Waals surface area contributed by atoms with E-state index in [0.717, 1.165) is 29.2 Å². The standard InChI is InChI=1S/C17H19N5O/c1-11(2)10-18-17-15(13-8-9-14(23)20-19-13)16(21-22-17)12-6-4-3-5-7-12/h3-9,11H,10H2,1-2H3,(H,20,23)(H2,18,21,22). The molecule has 0 radical (unpaired) electrons. The van der Waals surface area contributed by atoms with Gasteiger partial charge in [0.15, 0.2) is 5.82 Å². The molecule has 0 aliphatic carbocycles. The molecule has 0 unspecified atom stereocenters. The van der Waals surface area contributed by atoms with Crippen LogP contribution in [0.25, 0.3) is 22.5 Å². The molecule has 3 rings (SSSR count). The molecule has 6 nitrogen and oxygen atoms in total. The van der Waals surface area contributed by atoms with Crippen molar-refractivity contribution < 1.29 is 0 Å². The lowest BCUT2D eigenvalue weighted by Gasteiger charge is -2.09. The lowest BCUT2D eigenvalue weighted by Crippen LogP contribution is -2.10. The number of H-pyrrole nitrogens is 2. The molecule has 0 bridgehead atoms. The lowest BCUT2D eigenvalue weighted by molar-refractivity contribution is 0.687. The topological polar surface area (TPSA) is 86.5 Å². The smallest absolute Gasteiger partial charge is 0.264 e. The van der Waals surface area contributed by atoms with E-state index >= 15 is 0 Å². The number of benzene rings is 1. The average molecular weight is 309 g/mol. The quantitative estimate of drug-likeness (QED) is 0.676. The zero-order valence-electron chi connectivity index (χ0n) is 13.1. The van der Waals surface area contributed by atoms with E-state index < -0.39 is 0 Å². The molecule has 2 aromatic heterocycles. The van der Waals surface area contributed by atoms with Gasteiger partial charge in [-0.3, -0.25) is 9.89 Å². The van der Waals surface area contributed by atoms with Crippen molar-refractivity contribution in [2.45, 2.75) is 13.8 Å². The van der Waals surface area contributed by atoms with Gasteiger partial charge in [-0.15, -0.1) is 0 Å². The van der Waals surface area contributed by atoms with Crippen molar-refractivity contribution in [3.8, 4) is 22.5 Å². The molecule has 0 atom stereocenters. The van der Waals surface area contributed by atoms with Gasteiger partial charge in [0.1, 0.15) is 0 Å². The molecule has 3 aromatic rings. The molecule has 23 heavy (non-hydrogen) atoms. The van der Waals surface area contributed by atoms with Gasteiger partial charge in [0.2, 0.25) is 0 Å². The Hall–Kier alpha value is -2.89. The van der Waals surface area contributed by atoms with Crippen LogP contribution in [0.4, 0.5) is 5.82 Å². The second-order valence-electron chi connectivity index (χ2n) is 5.77. The third kappa shape index (κ3) is 3.31. The van der Waals surface area contributed by atoms with E-state index in [-0.39, 0.29) is 5.56 Å². The molecule has 1 aromatic carbocycles. The summed E-state index contributed by atoms with van der Waals surface area (Å²) in [6.07, 6.45) is 0. The number of rotatable bonds is 5. The van der Waals surface area contributed by atoms with Crippen molar-refractivity contribution in [2.75, 3.05) is 11.9 Å². The maximum Gasteiger partial charge on any atom is 0.264 e. The van der Waals surface area contributed by atoms with E-state index in [2.05, 4.69) is 39.6 Å². The van der Waals surface area contributed by atoms with Crippen molar-refractivity contribution in [2.24, 2.45) is 5.92 Å². The van der Waals surface area contributed by atoms with Crippen molar-refractivity contribution in [1.82, 2.24) is 20.4 Å². The molecule has 0 amide bonds. The summed E-state index contributed by atoms with van der Waals surface area (Å²) in [6, 6.07) is 13.1. The summed E-state index contributed by atoms with van der Waals surface area (Å²) >= 11 is 0. The minimum absolute atomic E-state index is 0.227. The fourth-order valence-corrected chi connectivity index (χ4v) is 2.32. The molecular formula is C17H19N5O. The highest BCUT2D eigenvalue weighted by atomic mass is 16.1. The highest BCUT2D eigenvalue weighted by Crippen LogP contribution is 2.34. The highest BCUT2D eigenvalue weighted by molar-refractivity contribution is 5.86. The zero-order valence-corrected chi connectivity index (χ0v) is 13.1. The van der Waals surface area contributed by atoms with Crippen LogP contribution in [0, 0.1) is 5.92 Å². The predicted molar refractivity (Wildman–Crippen MR) is 91.2 cm³/mol. The van der Waals surface area contributed by atoms with E-state index in [0.29, 0.717) is 11.6 Å². The van der Waals surface area contributed by atoms with Gasteiger partial charge < -0.3 is 5.32 Å². The summed E-state index contributed by atoms with van der Waals surface area (Å²) in [5.41, 5.74) is 3.18. The Bertz CT molecular complexity index is 815. The Morgan fingerprint density at radius 2 is 1.83 bits per heavy atom. The normalized spacial score (nSPS) is 10.9. The molecule has 2 heterocycles. The largest absolute Gasteiger partial charge is 0.368 e. The fraction of sp³-hybridized carbons (Fsp3) is 0.235. The summed E-state index contributed by atoms with van der Waals surface area (Å²) < 4.78 is 0. The SMILES string of the molecule is CC(C)CNc1n[nH]c(-c2ccccc2)c1-c1ccc(=O)[nH]n1. The van der Waals surface area contributed by atoms with Crippen LogP contribution in [0.5, 0.6) is 0 Å². The Kier molecular flexibility index (Phi) is 4.23. The summed E-state index contributed by atoms with van der Waals surface area (Å²) in [5.74, 6) is 1.22. The maximum atomic E-state index is 11.3. The summed E-state index contributed by atoms with van der Waals surface area (Å²) in [7, 11) is 0. The van der Waals surface area contributed by atoms with Crippen molar-refractivity contribution in [3.05, 3.63) is 52.8 Å². The number of aromatic amines is 2. The summed E-state index contributed by atoms with van der Waals surface area (Å²) in [6.45, 7) is 5.07. The molecule has 0 spiro atoms. The second-order valence-corrected chi connectivity index (χ2v) is 5.77. The molecule has 6 heteroatoms. The first-order valence-electron chi connectivity index (χ1n) is 7.59. The lowest BCUT2D eigenvalue weighted by atomic mass is 10.0. The van der Waals surface area contributed by atoms with Gasteiger partial charge >= 0.3 is 0 Å². The highest BCUT2D eigenvalue weighted by Gasteiger charge is 2.18. The minimum Gasteiger partial charge on any atom is -0.368 e. The van der Waals surface area contributed by atoms with Gasteiger partial charge in [0, 0.05) is 18.2 Å². The molecule has 0 saturated carbocycles. The molecule has 3 N–H and O–H groups in total. The van der Waals surface area contributed by atoms with Crippen LogP contribution in [-0.4, -0.2) is 26.9 Å². The fourth-order valence-electron chi connectivity index (χ4n) is 2.32. The number of hydrogen-bond donors (Lipinski definition) is 3. The van der Waals surface area contributed by atoms with Gasteiger partial charge in [-0.1, -0.05) is 44.2 Å². The van der Waals surface area contributed by atoms with Gasteiger partial charge in [0.05, 0.1) is 17.0 Å². The second kappa shape index (κ2) is 6.48. The molecule has 0 saturated heterocycles. The average Bonchev–Trinajstić information content (AvgIpc) is 2.98. The Morgan fingerprint density at radius 1 is 1.04 bits per heavy atom. The van der Waals surface area contributed by atoms with Gasteiger partial charge in [-0.05, 0) is 12.0 Å². The van der Waals surface area contributed by atoms with Crippen LogP contribution in [-0.2, 0) is 0 Å². The first kappa shape index (κ1) is 15.0. The number of nitrogens with zero attached hydrogens (tertiary/aromatic N) is 2. The number of nitrogens with one attached hydrogen (secondary N) is 3. The number of anilines is 1. The van der Waals surface area contributed by atoms with E-state index in [4.69, 9.17) is 0 Å². The van der Waals surface area contributed by atoms with Gasteiger partial charge in [0.25, 0.3) is 5.56 Å². The molecule has 0 aliphatic rings. The first-order valence-corrected chi connectivity index (χ1v) is 7.59. The number of hydrogen-bond acceptors (Lipinski definition) is 4. The van der Waals surface area contributed by atoms with E-state index in [9.17, 15) is 4.79 Å². The molecule has 0 fully saturated rings. The van der Waals surface area contributed by atoms with Crippen LogP contribution >= 0.6 is 0 Å². The zero-order chi connectivity index (χ0) is 16.2. The monoisotopic (exact) mass is 309 g/mol. The van der Waals surface area contributed by atoms with E-state index in [1.165, 1.54) is 6.07 Å². The van der Waals surface area contributed by atoms with Crippen molar-refractivity contribution in [1.29, 1.82) is 0 Å². The van der Waals surface area contributed by atoms with Crippen LogP contribution in [0.2, 0.25) is 0 Å². The van der Waals surface area contributed by atoms with E-state index in [1.807, 2.05) is 30.3 Å².